The summed E-state index contributed by atoms with van der Waals surface area (Å²) in [7, 11) is 0. The predicted molar refractivity (Wildman–Crippen MR) is 84.1 cm³/mol. The molecule has 0 spiro atoms. The zero-order valence-corrected chi connectivity index (χ0v) is 13.0. The number of nitrogens with one attached hydrogen (secondary N) is 1. The van der Waals surface area contributed by atoms with Crippen LogP contribution in [0, 0.1) is 0 Å². The Morgan fingerprint density at radius 3 is 2.55 bits per heavy atom. The van der Waals surface area contributed by atoms with Crippen molar-refractivity contribution in [2.45, 2.75) is 52.8 Å². The van der Waals surface area contributed by atoms with Gasteiger partial charge >= 0.3 is 0 Å². The van der Waals surface area contributed by atoms with Crippen LogP contribution >= 0.6 is 0 Å². The summed E-state index contributed by atoms with van der Waals surface area (Å²) >= 11 is 0. The quantitative estimate of drug-likeness (QED) is 0.916. The lowest BCUT2D eigenvalue weighted by Gasteiger charge is -2.21. The Morgan fingerprint density at radius 1 is 1.20 bits per heavy atom. The van der Waals surface area contributed by atoms with Gasteiger partial charge in [-0.25, -0.2) is 4.98 Å². The number of rotatable bonds is 4. The van der Waals surface area contributed by atoms with Gasteiger partial charge in [0.15, 0.2) is 0 Å². The van der Waals surface area contributed by atoms with E-state index in [0.717, 1.165) is 12.1 Å². The average molecular weight is 272 g/mol. The highest BCUT2D eigenvalue weighted by Gasteiger charge is 2.12. The van der Waals surface area contributed by atoms with Crippen molar-refractivity contribution in [3.05, 3.63) is 35.9 Å². The Balaban J connectivity index is 2.38. The third-order valence-electron chi connectivity index (χ3n) is 2.94. The molecule has 20 heavy (non-hydrogen) atoms. The lowest BCUT2D eigenvalue weighted by atomic mass is 10.1. The number of hydrogen-bond acceptors (Lipinski definition) is 3. The summed E-state index contributed by atoms with van der Waals surface area (Å²) in [5, 5.41) is 4.71. The zero-order chi connectivity index (χ0) is 14.8. The summed E-state index contributed by atoms with van der Waals surface area (Å²) < 4.78 is 5.76. The molecule has 0 unspecified atom stereocenters. The van der Waals surface area contributed by atoms with Gasteiger partial charge in [-0.1, -0.05) is 18.2 Å². The molecule has 0 radical (unpaired) electrons. The van der Waals surface area contributed by atoms with Crippen molar-refractivity contribution in [3.63, 3.8) is 0 Å². The summed E-state index contributed by atoms with van der Waals surface area (Å²) in [6.45, 7) is 11.3. The molecule has 0 atom stereocenters. The zero-order valence-electron chi connectivity index (χ0n) is 13.0. The van der Waals surface area contributed by atoms with Crippen LogP contribution in [0.4, 0.5) is 0 Å². The van der Waals surface area contributed by atoms with Crippen molar-refractivity contribution in [2.75, 3.05) is 0 Å². The van der Waals surface area contributed by atoms with E-state index in [-0.39, 0.29) is 11.6 Å². The van der Waals surface area contributed by atoms with Crippen molar-refractivity contribution >= 4 is 10.9 Å². The molecule has 3 heteroatoms. The Kier molecular flexibility index (Phi) is 4.29. The van der Waals surface area contributed by atoms with Gasteiger partial charge in [-0.05, 0) is 46.2 Å². The Morgan fingerprint density at radius 2 is 1.90 bits per heavy atom. The number of nitrogens with zero attached hydrogens (tertiary/aromatic N) is 1. The second-order valence-corrected chi connectivity index (χ2v) is 6.41. The van der Waals surface area contributed by atoms with Crippen LogP contribution in [0.2, 0.25) is 0 Å². The molecule has 1 heterocycles. The Bertz CT molecular complexity index is 585. The maximum atomic E-state index is 5.76. The molecule has 0 aliphatic rings. The van der Waals surface area contributed by atoms with Crippen LogP contribution in [0.1, 0.15) is 40.2 Å². The van der Waals surface area contributed by atoms with Crippen molar-refractivity contribution in [1.29, 1.82) is 0 Å². The van der Waals surface area contributed by atoms with E-state index in [0.29, 0.717) is 5.88 Å². The van der Waals surface area contributed by atoms with Crippen LogP contribution in [0.3, 0.4) is 0 Å². The van der Waals surface area contributed by atoms with E-state index in [1.165, 1.54) is 10.9 Å². The van der Waals surface area contributed by atoms with Crippen molar-refractivity contribution in [3.8, 4) is 5.88 Å². The SMILES string of the molecule is CC(C)Oc1cc(CNC(C)(C)C)c2ccccc2n1. The number of fused-ring (bicyclic) bond motifs is 1. The first-order chi connectivity index (χ1) is 9.35. The average Bonchev–Trinajstić information content (AvgIpc) is 2.34. The minimum absolute atomic E-state index is 0.0867. The summed E-state index contributed by atoms with van der Waals surface area (Å²) in [6, 6.07) is 10.2. The van der Waals surface area contributed by atoms with Crippen LogP contribution in [0.5, 0.6) is 5.88 Å². The molecule has 0 aliphatic heterocycles. The molecule has 2 aromatic rings. The van der Waals surface area contributed by atoms with Gasteiger partial charge in [-0.15, -0.1) is 0 Å². The third-order valence-corrected chi connectivity index (χ3v) is 2.94. The predicted octanol–water partition coefficient (Wildman–Crippen LogP) is 3.91. The fraction of sp³-hybridized carbons (Fsp3) is 0.471. The van der Waals surface area contributed by atoms with E-state index in [9.17, 15) is 0 Å². The smallest absolute Gasteiger partial charge is 0.214 e. The topological polar surface area (TPSA) is 34.1 Å². The molecule has 108 valence electrons. The maximum absolute atomic E-state index is 5.76. The number of ether oxygens (including phenoxy) is 1. The largest absolute Gasteiger partial charge is 0.475 e. The molecule has 0 bridgehead atoms. The van der Waals surface area contributed by atoms with Crippen LogP contribution in [-0.4, -0.2) is 16.6 Å². The Labute approximate surface area is 121 Å². The first-order valence-corrected chi connectivity index (χ1v) is 7.15. The highest BCUT2D eigenvalue weighted by atomic mass is 16.5. The van der Waals surface area contributed by atoms with E-state index < -0.39 is 0 Å². The van der Waals surface area contributed by atoms with Crippen molar-refractivity contribution in [1.82, 2.24) is 10.3 Å². The summed E-state index contributed by atoms with van der Waals surface area (Å²) in [4.78, 5) is 4.57. The molecule has 0 aliphatic carbocycles. The number of hydrogen-bond donors (Lipinski definition) is 1. The molecular weight excluding hydrogens is 248 g/mol. The van der Waals surface area contributed by atoms with Crippen LogP contribution in [0.15, 0.2) is 30.3 Å². The monoisotopic (exact) mass is 272 g/mol. The molecule has 0 fully saturated rings. The summed E-state index contributed by atoms with van der Waals surface area (Å²) in [6.07, 6.45) is 0.132. The van der Waals surface area contributed by atoms with Crippen LogP contribution in [0.25, 0.3) is 10.9 Å². The van der Waals surface area contributed by atoms with E-state index in [2.05, 4.69) is 37.1 Å². The van der Waals surface area contributed by atoms with Gasteiger partial charge in [0, 0.05) is 23.5 Å². The van der Waals surface area contributed by atoms with E-state index in [1.54, 1.807) is 0 Å². The first kappa shape index (κ1) is 14.8. The van der Waals surface area contributed by atoms with Gasteiger partial charge in [0.2, 0.25) is 5.88 Å². The molecule has 0 amide bonds. The minimum Gasteiger partial charge on any atom is -0.475 e. The number of pyridine rings is 1. The second kappa shape index (κ2) is 5.80. The van der Waals surface area contributed by atoms with E-state index in [4.69, 9.17) is 4.74 Å². The molecular formula is C17H24N2O. The van der Waals surface area contributed by atoms with Gasteiger partial charge < -0.3 is 10.1 Å². The normalized spacial score (nSPS) is 12.1. The molecule has 1 aromatic heterocycles. The van der Waals surface area contributed by atoms with Gasteiger partial charge in [-0.3, -0.25) is 0 Å². The maximum Gasteiger partial charge on any atom is 0.214 e. The molecule has 3 nitrogen and oxygen atoms in total. The molecule has 1 N–H and O–H groups in total. The first-order valence-electron chi connectivity index (χ1n) is 7.15. The van der Waals surface area contributed by atoms with Crippen molar-refractivity contribution < 1.29 is 4.74 Å². The summed E-state index contributed by atoms with van der Waals surface area (Å²) in [5.74, 6) is 0.699. The van der Waals surface area contributed by atoms with Crippen molar-refractivity contribution in [2.24, 2.45) is 0 Å². The number of aromatic nitrogens is 1. The number of benzene rings is 1. The van der Waals surface area contributed by atoms with E-state index >= 15 is 0 Å². The number of para-hydroxylation sites is 1. The second-order valence-electron chi connectivity index (χ2n) is 6.41. The summed E-state index contributed by atoms with van der Waals surface area (Å²) in [5.41, 5.74) is 2.29. The highest BCUT2D eigenvalue weighted by molar-refractivity contribution is 5.82. The van der Waals surface area contributed by atoms with Crippen LogP contribution < -0.4 is 10.1 Å². The van der Waals surface area contributed by atoms with Gasteiger partial charge in [0.05, 0.1) is 11.6 Å². The lowest BCUT2D eigenvalue weighted by molar-refractivity contribution is 0.233. The molecule has 1 aromatic carbocycles. The minimum atomic E-state index is 0.0867. The fourth-order valence-corrected chi connectivity index (χ4v) is 2.03. The fourth-order valence-electron chi connectivity index (χ4n) is 2.03. The van der Waals surface area contributed by atoms with E-state index in [1.807, 2.05) is 38.1 Å². The third kappa shape index (κ3) is 3.94. The lowest BCUT2D eigenvalue weighted by Crippen LogP contribution is -2.35. The highest BCUT2D eigenvalue weighted by Crippen LogP contribution is 2.23. The van der Waals surface area contributed by atoms with Crippen LogP contribution in [-0.2, 0) is 6.54 Å². The molecule has 0 saturated heterocycles. The Hall–Kier alpha value is -1.61. The van der Waals surface area contributed by atoms with Gasteiger partial charge in [0.1, 0.15) is 0 Å². The standard InChI is InChI=1S/C17H24N2O/c1-12(2)20-16-10-13(11-18-17(3,4)5)14-8-6-7-9-15(14)19-16/h6-10,12,18H,11H2,1-5H3. The van der Waals surface area contributed by atoms with Gasteiger partial charge in [-0.2, -0.15) is 0 Å². The van der Waals surface area contributed by atoms with Gasteiger partial charge in [0.25, 0.3) is 0 Å². The molecule has 2 rings (SSSR count). The molecule has 0 saturated carbocycles.